The number of carbonyl (C=O) groups excluding carboxylic acids is 2. The van der Waals surface area contributed by atoms with Crippen molar-refractivity contribution in [3.8, 4) is 5.75 Å². The van der Waals surface area contributed by atoms with E-state index in [0.717, 1.165) is 24.2 Å². The van der Waals surface area contributed by atoms with Gasteiger partial charge in [-0.25, -0.2) is 0 Å². The van der Waals surface area contributed by atoms with Gasteiger partial charge in [-0.15, -0.1) is 0 Å². The molecule has 2 rings (SSSR count). The monoisotopic (exact) mass is 336 g/mol. The molecule has 0 spiro atoms. The van der Waals surface area contributed by atoms with E-state index in [0.29, 0.717) is 13.0 Å². The van der Waals surface area contributed by atoms with Crippen molar-refractivity contribution in [2.45, 2.75) is 45.4 Å². The Kier molecular flexibility index (Phi) is 9.58. The van der Waals surface area contributed by atoms with Crippen molar-refractivity contribution in [3.05, 3.63) is 29.8 Å². The van der Waals surface area contributed by atoms with E-state index in [4.69, 9.17) is 9.47 Å². The van der Waals surface area contributed by atoms with E-state index in [9.17, 15) is 9.59 Å². The van der Waals surface area contributed by atoms with Gasteiger partial charge in [0.15, 0.2) is 0 Å². The summed E-state index contributed by atoms with van der Waals surface area (Å²) in [6.45, 7) is 2.22. The number of rotatable bonds is 5. The molecule has 0 aromatic heterocycles. The Bertz CT molecular complexity index is 489. The van der Waals surface area contributed by atoms with Gasteiger partial charge in [-0.1, -0.05) is 31.4 Å². The zero-order chi connectivity index (χ0) is 17.8. The number of methoxy groups -OCH3 is 2. The molecule has 1 aromatic rings. The minimum absolute atomic E-state index is 0.0142. The van der Waals surface area contributed by atoms with Gasteiger partial charge >= 0.3 is 11.9 Å². The molecule has 0 atom stereocenters. The van der Waals surface area contributed by atoms with Gasteiger partial charge in [0.1, 0.15) is 5.75 Å². The molecule has 0 aliphatic heterocycles. The van der Waals surface area contributed by atoms with Crippen LogP contribution in [0.15, 0.2) is 24.3 Å². The lowest BCUT2D eigenvalue weighted by atomic mass is 9.89. The van der Waals surface area contributed by atoms with Crippen molar-refractivity contribution in [1.29, 1.82) is 0 Å². The normalized spacial score (nSPS) is 14.1. The van der Waals surface area contributed by atoms with Gasteiger partial charge in [-0.3, -0.25) is 9.59 Å². The second kappa shape index (κ2) is 11.5. The fourth-order valence-corrected chi connectivity index (χ4v) is 2.63. The minimum Gasteiger partial charge on any atom is -0.497 e. The molecule has 0 N–H and O–H groups in total. The maximum absolute atomic E-state index is 11.1. The Balaban J connectivity index is 0.000000254. The van der Waals surface area contributed by atoms with Crippen LogP contribution in [0.3, 0.4) is 0 Å². The minimum atomic E-state index is -0.197. The van der Waals surface area contributed by atoms with Gasteiger partial charge in [0.2, 0.25) is 0 Å². The van der Waals surface area contributed by atoms with E-state index in [1.165, 1.54) is 26.4 Å². The molecular weight excluding hydrogens is 308 g/mol. The van der Waals surface area contributed by atoms with Crippen molar-refractivity contribution in [2.75, 3.05) is 20.8 Å². The van der Waals surface area contributed by atoms with Crippen molar-refractivity contribution in [2.24, 2.45) is 5.92 Å². The van der Waals surface area contributed by atoms with Crippen LogP contribution in [0.4, 0.5) is 0 Å². The maximum Gasteiger partial charge on any atom is 0.310 e. The third-order valence-electron chi connectivity index (χ3n) is 3.95. The fraction of sp³-hybridized carbons (Fsp3) is 0.579. The molecule has 5 heteroatoms. The summed E-state index contributed by atoms with van der Waals surface area (Å²) in [6, 6.07) is 7.37. The molecule has 24 heavy (non-hydrogen) atoms. The smallest absolute Gasteiger partial charge is 0.310 e. The lowest BCUT2D eigenvalue weighted by molar-refractivity contribution is -0.146. The molecule has 0 radical (unpaired) electrons. The predicted octanol–water partition coefficient (Wildman–Crippen LogP) is 3.54. The fourth-order valence-electron chi connectivity index (χ4n) is 2.63. The average molecular weight is 336 g/mol. The summed E-state index contributed by atoms with van der Waals surface area (Å²) in [6.07, 6.45) is 6.06. The second-order valence-electron chi connectivity index (χ2n) is 5.69. The van der Waals surface area contributed by atoms with Crippen LogP contribution in [-0.4, -0.2) is 32.8 Å². The van der Waals surface area contributed by atoms with Crippen molar-refractivity contribution in [3.63, 3.8) is 0 Å². The number of esters is 2. The molecule has 1 fully saturated rings. The Morgan fingerprint density at radius 1 is 1.04 bits per heavy atom. The summed E-state index contributed by atoms with van der Waals surface area (Å²) in [5.74, 6) is 0.786. The van der Waals surface area contributed by atoms with Crippen LogP contribution in [0, 0.1) is 5.92 Å². The van der Waals surface area contributed by atoms with Crippen LogP contribution in [0.2, 0.25) is 0 Å². The summed E-state index contributed by atoms with van der Waals surface area (Å²) in [5, 5.41) is 0. The summed E-state index contributed by atoms with van der Waals surface area (Å²) in [4.78, 5) is 22.1. The molecule has 1 aromatic carbocycles. The third kappa shape index (κ3) is 7.49. The van der Waals surface area contributed by atoms with Gasteiger partial charge < -0.3 is 14.2 Å². The van der Waals surface area contributed by atoms with Crippen molar-refractivity contribution in [1.82, 2.24) is 0 Å². The summed E-state index contributed by atoms with van der Waals surface area (Å²) < 4.78 is 14.5. The zero-order valence-electron chi connectivity index (χ0n) is 14.9. The molecular formula is C19H28O5. The number of hydrogen-bond donors (Lipinski definition) is 0. The van der Waals surface area contributed by atoms with E-state index >= 15 is 0 Å². The Morgan fingerprint density at radius 2 is 1.67 bits per heavy atom. The first-order chi connectivity index (χ1) is 11.6. The SMILES string of the molecule is CCOC(=O)Cc1ccc(OC)cc1.COC(=O)C1CCCCC1. The first-order valence-electron chi connectivity index (χ1n) is 8.47. The number of hydrogen-bond acceptors (Lipinski definition) is 5. The van der Waals surface area contributed by atoms with Crippen LogP contribution < -0.4 is 4.74 Å². The van der Waals surface area contributed by atoms with E-state index in [-0.39, 0.29) is 17.9 Å². The van der Waals surface area contributed by atoms with Gasteiger partial charge in [0.25, 0.3) is 0 Å². The van der Waals surface area contributed by atoms with Gasteiger partial charge in [-0.2, -0.15) is 0 Å². The summed E-state index contributed by atoms with van der Waals surface area (Å²) in [5.41, 5.74) is 0.934. The van der Waals surface area contributed by atoms with Gasteiger partial charge in [-0.05, 0) is 37.5 Å². The van der Waals surface area contributed by atoms with E-state index in [2.05, 4.69) is 4.74 Å². The molecule has 134 valence electrons. The zero-order valence-corrected chi connectivity index (χ0v) is 14.9. The molecule has 1 aliphatic rings. The van der Waals surface area contributed by atoms with E-state index < -0.39 is 0 Å². The van der Waals surface area contributed by atoms with Crippen LogP contribution >= 0.6 is 0 Å². The Labute approximate surface area is 144 Å². The lowest BCUT2D eigenvalue weighted by Gasteiger charge is -2.18. The summed E-state index contributed by atoms with van der Waals surface area (Å²) in [7, 11) is 3.08. The number of benzene rings is 1. The third-order valence-corrected chi connectivity index (χ3v) is 3.95. The highest BCUT2D eigenvalue weighted by Gasteiger charge is 2.20. The van der Waals surface area contributed by atoms with Gasteiger partial charge in [0.05, 0.1) is 33.2 Å². The largest absolute Gasteiger partial charge is 0.497 e. The first kappa shape index (κ1) is 20.0. The molecule has 1 saturated carbocycles. The quantitative estimate of drug-likeness (QED) is 0.770. The molecule has 0 saturated heterocycles. The molecule has 0 amide bonds. The standard InChI is InChI=1S/C11H14O3.C8H14O2/c1-3-14-11(12)8-9-4-6-10(13-2)7-5-9;1-10-8(9)7-5-3-2-4-6-7/h4-7H,3,8H2,1-2H3;7H,2-6H2,1H3. The molecule has 5 nitrogen and oxygen atoms in total. The van der Waals surface area contributed by atoms with Gasteiger partial charge in [0, 0.05) is 0 Å². The molecule has 0 heterocycles. The maximum atomic E-state index is 11.1. The second-order valence-corrected chi connectivity index (χ2v) is 5.69. The Hall–Kier alpha value is -2.04. The number of carbonyl (C=O) groups is 2. The molecule has 0 unspecified atom stereocenters. The van der Waals surface area contributed by atoms with Crippen LogP contribution in [0.25, 0.3) is 0 Å². The highest BCUT2D eigenvalue weighted by Crippen LogP contribution is 2.24. The van der Waals surface area contributed by atoms with Crippen LogP contribution in [-0.2, 0) is 25.5 Å². The number of ether oxygens (including phenoxy) is 3. The Morgan fingerprint density at radius 3 is 2.17 bits per heavy atom. The predicted molar refractivity (Wildman–Crippen MR) is 91.9 cm³/mol. The van der Waals surface area contributed by atoms with E-state index in [1.807, 2.05) is 24.3 Å². The molecule has 1 aliphatic carbocycles. The van der Waals surface area contributed by atoms with Crippen molar-refractivity contribution >= 4 is 11.9 Å². The topological polar surface area (TPSA) is 61.8 Å². The van der Waals surface area contributed by atoms with Crippen LogP contribution in [0.5, 0.6) is 5.75 Å². The average Bonchev–Trinajstić information content (AvgIpc) is 2.63. The lowest BCUT2D eigenvalue weighted by Crippen LogP contribution is -2.18. The van der Waals surface area contributed by atoms with Crippen molar-refractivity contribution < 1.29 is 23.8 Å². The highest BCUT2D eigenvalue weighted by molar-refractivity contribution is 5.72. The first-order valence-corrected chi connectivity index (χ1v) is 8.47. The van der Waals surface area contributed by atoms with Crippen LogP contribution in [0.1, 0.15) is 44.6 Å². The molecule has 0 bridgehead atoms. The van der Waals surface area contributed by atoms with E-state index in [1.54, 1.807) is 14.0 Å². The summed E-state index contributed by atoms with van der Waals surface area (Å²) >= 11 is 0. The highest BCUT2D eigenvalue weighted by atomic mass is 16.5.